The molecule has 7 nitrogen and oxygen atoms in total. The fraction of sp³-hybridized carbons (Fsp3) is 0.136. The second-order valence-corrected chi connectivity index (χ2v) is 8.04. The number of carbonyl (C=O) groups excluding carboxylic acids is 1. The van der Waals surface area contributed by atoms with Gasteiger partial charge >= 0.3 is 0 Å². The molecule has 2 N–H and O–H groups in total. The molecule has 0 radical (unpaired) electrons. The molecule has 0 saturated heterocycles. The van der Waals surface area contributed by atoms with Crippen molar-refractivity contribution in [2.24, 2.45) is 0 Å². The van der Waals surface area contributed by atoms with Crippen molar-refractivity contribution in [3.8, 4) is 11.5 Å². The number of benzene rings is 3. The summed E-state index contributed by atoms with van der Waals surface area (Å²) in [7, 11) is -0.723. The molecule has 0 aliphatic rings. The Morgan fingerprint density at radius 3 is 2.37 bits per heavy atom. The SMILES string of the molecule is COc1ccc(CNC(=O)c2cccc(S(=O)(=O)Nc3ccccc3)c2)c(OC)c1. The minimum atomic E-state index is -3.82. The average molecular weight is 426 g/mol. The standard InChI is InChI=1S/C22H22N2O5S/c1-28-19-12-11-17(21(14-19)29-2)15-23-22(25)16-7-6-10-20(13-16)30(26,27)24-18-8-4-3-5-9-18/h3-14,24H,15H2,1-2H3,(H,23,25). The van der Waals surface area contributed by atoms with E-state index in [9.17, 15) is 13.2 Å². The molecule has 8 heteroatoms. The number of carbonyl (C=O) groups is 1. The van der Waals surface area contributed by atoms with Crippen LogP contribution in [-0.4, -0.2) is 28.5 Å². The van der Waals surface area contributed by atoms with E-state index in [0.29, 0.717) is 17.2 Å². The van der Waals surface area contributed by atoms with Crippen LogP contribution in [0.4, 0.5) is 5.69 Å². The molecule has 0 aromatic heterocycles. The van der Waals surface area contributed by atoms with E-state index in [0.717, 1.165) is 5.56 Å². The highest BCUT2D eigenvalue weighted by Crippen LogP contribution is 2.24. The van der Waals surface area contributed by atoms with Gasteiger partial charge in [0.25, 0.3) is 15.9 Å². The van der Waals surface area contributed by atoms with Gasteiger partial charge < -0.3 is 14.8 Å². The predicted molar refractivity (Wildman–Crippen MR) is 114 cm³/mol. The van der Waals surface area contributed by atoms with Crippen LogP contribution < -0.4 is 19.5 Å². The predicted octanol–water partition coefficient (Wildman–Crippen LogP) is 3.43. The maximum Gasteiger partial charge on any atom is 0.261 e. The number of rotatable bonds is 8. The van der Waals surface area contributed by atoms with E-state index in [1.54, 1.807) is 61.7 Å². The van der Waals surface area contributed by atoms with E-state index in [-0.39, 0.29) is 17.0 Å². The first-order chi connectivity index (χ1) is 14.4. The van der Waals surface area contributed by atoms with E-state index in [4.69, 9.17) is 9.47 Å². The smallest absolute Gasteiger partial charge is 0.261 e. The van der Waals surface area contributed by atoms with Gasteiger partial charge in [0, 0.05) is 29.4 Å². The van der Waals surface area contributed by atoms with Gasteiger partial charge in [-0.2, -0.15) is 0 Å². The number of para-hydroxylation sites is 1. The Kier molecular flexibility index (Phi) is 6.58. The fourth-order valence-corrected chi connectivity index (χ4v) is 3.90. The first kappa shape index (κ1) is 21.2. The van der Waals surface area contributed by atoms with Gasteiger partial charge in [-0.3, -0.25) is 9.52 Å². The summed E-state index contributed by atoms with van der Waals surface area (Å²) in [6.07, 6.45) is 0. The lowest BCUT2D eigenvalue weighted by Gasteiger charge is -2.12. The van der Waals surface area contributed by atoms with Crippen molar-refractivity contribution in [1.29, 1.82) is 0 Å². The van der Waals surface area contributed by atoms with Gasteiger partial charge in [0.1, 0.15) is 11.5 Å². The second-order valence-electron chi connectivity index (χ2n) is 6.36. The first-order valence-electron chi connectivity index (χ1n) is 9.10. The Hall–Kier alpha value is -3.52. The largest absolute Gasteiger partial charge is 0.497 e. The molecule has 156 valence electrons. The van der Waals surface area contributed by atoms with Gasteiger partial charge in [-0.25, -0.2) is 8.42 Å². The maximum atomic E-state index is 12.6. The summed E-state index contributed by atoms with van der Waals surface area (Å²) in [4.78, 5) is 12.6. The van der Waals surface area contributed by atoms with E-state index in [1.165, 1.54) is 25.3 Å². The summed E-state index contributed by atoms with van der Waals surface area (Å²) in [5.41, 5.74) is 1.44. The first-order valence-corrected chi connectivity index (χ1v) is 10.6. The molecule has 30 heavy (non-hydrogen) atoms. The molecule has 0 aliphatic heterocycles. The fourth-order valence-electron chi connectivity index (χ4n) is 2.80. The number of ether oxygens (including phenoxy) is 2. The van der Waals surface area contributed by atoms with Gasteiger partial charge in [-0.05, 0) is 42.5 Å². The third-order valence-electron chi connectivity index (χ3n) is 4.37. The molecule has 0 saturated carbocycles. The zero-order valence-corrected chi connectivity index (χ0v) is 17.4. The highest BCUT2D eigenvalue weighted by atomic mass is 32.2. The van der Waals surface area contributed by atoms with Crippen LogP contribution in [0, 0.1) is 0 Å². The van der Waals surface area contributed by atoms with Crippen LogP contribution >= 0.6 is 0 Å². The number of anilines is 1. The summed E-state index contributed by atoms with van der Waals surface area (Å²) in [5, 5.41) is 2.78. The molecule has 0 spiro atoms. The van der Waals surface area contributed by atoms with Crippen LogP contribution in [0.2, 0.25) is 0 Å². The Balaban J connectivity index is 1.73. The monoisotopic (exact) mass is 426 g/mol. The zero-order chi connectivity index (χ0) is 21.6. The topological polar surface area (TPSA) is 93.7 Å². The summed E-state index contributed by atoms with van der Waals surface area (Å²) in [5.74, 6) is 0.827. The van der Waals surface area contributed by atoms with Crippen LogP contribution in [0.15, 0.2) is 77.7 Å². The minimum Gasteiger partial charge on any atom is -0.497 e. The lowest BCUT2D eigenvalue weighted by molar-refractivity contribution is 0.0950. The number of hydrogen-bond donors (Lipinski definition) is 2. The average Bonchev–Trinajstić information content (AvgIpc) is 2.77. The molecule has 1 amide bonds. The summed E-state index contributed by atoms with van der Waals surface area (Å²) < 4.78 is 38.2. The summed E-state index contributed by atoms with van der Waals surface area (Å²) in [6.45, 7) is 0.214. The highest BCUT2D eigenvalue weighted by molar-refractivity contribution is 7.92. The summed E-state index contributed by atoms with van der Waals surface area (Å²) in [6, 6.07) is 19.7. The number of hydrogen-bond acceptors (Lipinski definition) is 5. The number of sulfonamides is 1. The Morgan fingerprint density at radius 1 is 0.900 bits per heavy atom. The molecule has 0 bridgehead atoms. The van der Waals surface area contributed by atoms with Gasteiger partial charge in [0.05, 0.1) is 19.1 Å². The van der Waals surface area contributed by atoms with Gasteiger partial charge in [0.2, 0.25) is 0 Å². The van der Waals surface area contributed by atoms with Crippen molar-refractivity contribution in [2.45, 2.75) is 11.4 Å². The molecule has 0 aliphatic carbocycles. The molecule has 0 fully saturated rings. The quantitative estimate of drug-likeness (QED) is 0.576. The number of methoxy groups -OCH3 is 2. The molecule has 3 aromatic carbocycles. The van der Waals surface area contributed by atoms with Gasteiger partial charge in [-0.15, -0.1) is 0 Å². The molecule has 3 aromatic rings. The van der Waals surface area contributed by atoms with Crippen LogP contribution in [-0.2, 0) is 16.6 Å². The van der Waals surface area contributed by atoms with Gasteiger partial charge in [0.15, 0.2) is 0 Å². The van der Waals surface area contributed by atoms with Crippen molar-refractivity contribution >= 4 is 21.6 Å². The summed E-state index contributed by atoms with van der Waals surface area (Å²) >= 11 is 0. The van der Waals surface area contributed by atoms with E-state index in [2.05, 4.69) is 10.0 Å². The van der Waals surface area contributed by atoms with E-state index < -0.39 is 15.9 Å². The second kappa shape index (κ2) is 9.32. The van der Waals surface area contributed by atoms with Crippen molar-refractivity contribution < 1.29 is 22.7 Å². The van der Waals surface area contributed by atoms with Gasteiger partial charge in [-0.1, -0.05) is 24.3 Å². The molecule has 0 atom stereocenters. The van der Waals surface area contributed by atoms with Crippen molar-refractivity contribution in [1.82, 2.24) is 5.32 Å². The molecule has 3 rings (SSSR count). The van der Waals surface area contributed by atoms with Crippen LogP contribution in [0.1, 0.15) is 15.9 Å². The normalized spacial score (nSPS) is 10.9. The molecule has 0 unspecified atom stereocenters. The zero-order valence-electron chi connectivity index (χ0n) is 16.6. The van der Waals surface area contributed by atoms with Crippen LogP contribution in [0.25, 0.3) is 0 Å². The minimum absolute atomic E-state index is 0.000955. The Morgan fingerprint density at radius 2 is 1.67 bits per heavy atom. The number of nitrogens with one attached hydrogen (secondary N) is 2. The Labute approximate surface area is 175 Å². The number of amides is 1. The molecule has 0 heterocycles. The lowest BCUT2D eigenvalue weighted by Crippen LogP contribution is -2.23. The third kappa shape index (κ3) is 5.09. The highest BCUT2D eigenvalue weighted by Gasteiger charge is 2.17. The van der Waals surface area contributed by atoms with Crippen molar-refractivity contribution in [3.05, 3.63) is 83.9 Å². The molecular formula is C22H22N2O5S. The van der Waals surface area contributed by atoms with Crippen LogP contribution in [0.5, 0.6) is 11.5 Å². The molecular weight excluding hydrogens is 404 g/mol. The maximum absolute atomic E-state index is 12.6. The van der Waals surface area contributed by atoms with Crippen molar-refractivity contribution in [2.75, 3.05) is 18.9 Å². The van der Waals surface area contributed by atoms with E-state index >= 15 is 0 Å². The van der Waals surface area contributed by atoms with Crippen molar-refractivity contribution in [3.63, 3.8) is 0 Å². The lowest BCUT2D eigenvalue weighted by atomic mass is 10.1. The van der Waals surface area contributed by atoms with E-state index in [1.807, 2.05) is 0 Å². The van der Waals surface area contributed by atoms with Crippen LogP contribution in [0.3, 0.4) is 0 Å². The third-order valence-corrected chi connectivity index (χ3v) is 5.75. The Bertz CT molecular complexity index is 1130.